The first-order valence-corrected chi connectivity index (χ1v) is 6.72. The number of amides is 1. The summed E-state index contributed by atoms with van der Waals surface area (Å²) >= 11 is 0. The Kier molecular flexibility index (Phi) is 5.99. The summed E-state index contributed by atoms with van der Waals surface area (Å²) in [6.07, 6.45) is 1.64. The quantitative estimate of drug-likeness (QED) is 0.706. The van der Waals surface area contributed by atoms with E-state index in [0.717, 1.165) is 24.1 Å². The van der Waals surface area contributed by atoms with Crippen LogP contribution in [0.2, 0.25) is 0 Å². The van der Waals surface area contributed by atoms with Crippen molar-refractivity contribution < 1.29 is 9.90 Å². The van der Waals surface area contributed by atoms with Crippen LogP contribution in [0.4, 0.5) is 5.69 Å². The zero-order valence-electron chi connectivity index (χ0n) is 12.0. The van der Waals surface area contributed by atoms with Gasteiger partial charge in [0.25, 0.3) is 0 Å². The first-order valence-electron chi connectivity index (χ1n) is 6.72. The summed E-state index contributed by atoms with van der Waals surface area (Å²) in [6.45, 7) is 6.43. The maximum atomic E-state index is 11.7. The van der Waals surface area contributed by atoms with Crippen LogP contribution in [0.5, 0.6) is 0 Å². The van der Waals surface area contributed by atoms with Gasteiger partial charge in [0, 0.05) is 12.2 Å². The lowest BCUT2D eigenvalue weighted by atomic mass is 10.0. The van der Waals surface area contributed by atoms with Gasteiger partial charge in [0.1, 0.15) is 0 Å². The van der Waals surface area contributed by atoms with Crippen LogP contribution in [0.3, 0.4) is 0 Å². The van der Waals surface area contributed by atoms with Gasteiger partial charge >= 0.3 is 0 Å². The van der Waals surface area contributed by atoms with Gasteiger partial charge in [-0.2, -0.15) is 0 Å². The molecule has 0 aliphatic heterocycles. The third kappa shape index (κ3) is 6.36. The molecule has 0 spiro atoms. The first kappa shape index (κ1) is 15.7. The Morgan fingerprint density at radius 3 is 2.53 bits per heavy atom. The SMILES string of the molecule is CCCC(C)(O)CNCC(=O)Nc1ccc(C)cc1. The number of anilines is 1. The molecule has 0 radical (unpaired) electrons. The van der Waals surface area contributed by atoms with Crippen molar-refractivity contribution in [3.05, 3.63) is 29.8 Å². The van der Waals surface area contributed by atoms with E-state index >= 15 is 0 Å². The Morgan fingerprint density at radius 1 is 1.32 bits per heavy atom. The minimum atomic E-state index is -0.751. The molecular formula is C15H24N2O2. The summed E-state index contributed by atoms with van der Waals surface area (Å²) in [5.41, 5.74) is 1.20. The average molecular weight is 264 g/mol. The van der Waals surface area contributed by atoms with Crippen LogP contribution in [0.1, 0.15) is 32.3 Å². The van der Waals surface area contributed by atoms with Gasteiger partial charge in [0.15, 0.2) is 0 Å². The highest BCUT2D eigenvalue weighted by Gasteiger charge is 2.18. The van der Waals surface area contributed by atoms with Gasteiger partial charge < -0.3 is 15.7 Å². The Labute approximate surface area is 115 Å². The molecule has 1 aromatic rings. The van der Waals surface area contributed by atoms with Crippen molar-refractivity contribution in [1.82, 2.24) is 5.32 Å². The number of carbonyl (C=O) groups is 1. The topological polar surface area (TPSA) is 61.4 Å². The van der Waals surface area contributed by atoms with E-state index in [1.807, 2.05) is 38.1 Å². The van der Waals surface area contributed by atoms with Crippen molar-refractivity contribution in [2.24, 2.45) is 0 Å². The highest BCUT2D eigenvalue weighted by atomic mass is 16.3. The summed E-state index contributed by atoms with van der Waals surface area (Å²) in [5.74, 6) is -0.101. The molecule has 0 aromatic heterocycles. The molecule has 0 saturated carbocycles. The summed E-state index contributed by atoms with van der Waals surface area (Å²) in [6, 6.07) is 7.66. The van der Waals surface area contributed by atoms with Gasteiger partial charge in [0.05, 0.1) is 12.1 Å². The molecular weight excluding hydrogens is 240 g/mol. The van der Waals surface area contributed by atoms with Gasteiger partial charge in [-0.15, -0.1) is 0 Å². The first-order chi connectivity index (χ1) is 8.93. The van der Waals surface area contributed by atoms with Crippen molar-refractivity contribution >= 4 is 11.6 Å². The van der Waals surface area contributed by atoms with Gasteiger partial charge in [-0.3, -0.25) is 4.79 Å². The molecule has 1 aromatic carbocycles. The number of hydrogen-bond donors (Lipinski definition) is 3. The molecule has 1 amide bonds. The summed E-state index contributed by atoms with van der Waals surface area (Å²) < 4.78 is 0. The highest BCUT2D eigenvalue weighted by molar-refractivity contribution is 5.92. The lowest BCUT2D eigenvalue weighted by Gasteiger charge is -2.22. The molecule has 0 bridgehead atoms. The van der Waals surface area contributed by atoms with Crippen molar-refractivity contribution in [3.8, 4) is 0 Å². The number of rotatable bonds is 7. The van der Waals surface area contributed by atoms with E-state index in [1.165, 1.54) is 0 Å². The monoisotopic (exact) mass is 264 g/mol. The fraction of sp³-hybridized carbons (Fsp3) is 0.533. The van der Waals surface area contributed by atoms with E-state index < -0.39 is 5.60 Å². The Balaban J connectivity index is 2.30. The molecule has 4 heteroatoms. The number of nitrogens with one attached hydrogen (secondary N) is 2. The predicted octanol–water partition coefficient (Wildman–Crippen LogP) is 2.07. The van der Waals surface area contributed by atoms with Crippen LogP contribution in [-0.4, -0.2) is 29.7 Å². The van der Waals surface area contributed by atoms with Crippen LogP contribution in [0, 0.1) is 6.92 Å². The number of aliphatic hydroxyl groups is 1. The lowest BCUT2D eigenvalue weighted by Crippen LogP contribution is -2.40. The summed E-state index contributed by atoms with van der Waals surface area (Å²) in [4.78, 5) is 11.7. The molecule has 0 heterocycles. The maximum absolute atomic E-state index is 11.7. The second-order valence-electron chi connectivity index (χ2n) is 5.26. The van der Waals surface area contributed by atoms with Crippen molar-refractivity contribution in [3.63, 3.8) is 0 Å². The maximum Gasteiger partial charge on any atom is 0.238 e. The van der Waals surface area contributed by atoms with Crippen LogP contribution in [0.15, 0.2) is 24.3 Å². The van der Waals surface area contributed by atoms with Crippen LogP contribution in [-0.2, 0) is 4.79 Å². The van der Waals surface area contributed by atoms with E-state index in [4.69, 9.17) is 0 Å². The standard InChI is InChI=1S/C15H24N2O2/c1-4-9-15(3,19)11-16-10-14(18)17-13-7-5-12(2)6-8-13/h5-8,16,19H,4,9-11H2,1-3H3,(H,17,18). The third-order valence-corrected chi connectivity index (χ3v) is 2.92. The van der Waals surface area contributed by atoms with Crippen LogP contribution < -0.4 is 10.6 Å². The van der Waals surface area contributed by atoms with E-state index in [9.17, 15) is 9.90 Å². The van der Waals surface area contributed by atoms with Crippen molar-refractivity contribution in [2.75, 3.05) is 18.4 Å². The molecule has 4 nitrogen and oxygen atoms in total. The molecule has 19 heavy (non-hydrogen) atoms. The van der Waals surface area contributed by atoms with Crippen LogP contribution in [0.25, 0.3) is 0 Å². The molecule has 0 saturated heterocycles. The van der Waals surface area contributed by atoms with E-state index in [1.54, 1.807) is 6.92 Å². The van der Waals surface area contributed by atoms with Crippen molar-refractivity contribution in [1.29, 1.82) is 0 Å². The van der Waals surface area contributed by atoms with Crippen molar-refractivity contribution in [2.45, 2.75) is 39.2 Å². The third-order valence-electron chi connectivity index (χ3n) is 2.92. The average Bonchev–Trinajstić information content (AvgIpc) is 2.31. The fourth-order valence-electron chi connectivity index (χ4n) is 1.91. The smallest absolute Gasteiger partial charge is 0.238 e. The molecule has 1 unspecified atom stereocenters. The molecule has 1 rings (SSSR count). The Hall–Kier alpha value is -1.39. The van der Waals surface area contributed by atoms with Gasteiger partial charge in [-0.1, -0.05) is 31.0 Å². The number of carbonyl (C=O) groups excluding carboxylic acids is 1. The Bertz CT molecular complexity index is 399. The number of hydrogen-bond acceptors (Lipinski definition) is 3. The summed E-state index contributed by atoms with van der Waals surface area (Å²) in [5, 5.41) is 15.7. The second-order valence-corrected chi connectivity index (χ2v) is 5.26. The highest BCUT2D eigenvalue weighted by Crippen LogP contribution is 2.10. The fourth-order valence-corrected chi connectivity index (χ4v) is 1.91. The minimum absolute atomic E-state index is 0.101. The molecule has 0 aliphatic carbocycles. The van der Waals surface area contributed by atoms with Gasteiger partial charge in [-0.25, -0.2) is 0 Å². The lowest BCUT2D eigenvalue weighted by molar-refractivity contribution is -0.115. The zero-order valence-corrected chi connectivity index (χ0v) is 12.0. The number of aryl methyl sites for hydroxylation is 1. The summed E-state index contributed by atoms with van der Waals surface area (Å²) in [7, 11) is 0. The predicted molar refractivity (Wildman–Crippen MR) is 78.2 cm³/mol. The van der Waals surface area contributed by atoms with E-state index in [2.05, 4.69) is 10.6 Å². The molecule has 0 fully saturated rings. The molecule has 1 atom stereocenters. The minimum Gasteiger partial charge on any atom is -0.389 e. The van der Waals surface area contributed by atoms with E-state index in [-0.39, 0.29) is 12.5 Å². The molecule has 3 N–H and O–H groups in total. The number of benzene rings is 1. The Morgan fingerprint density at radius 2 is 1.95 bits per heavy atom. The molecule has 0 aliphatic rings. The normalized spacial score (nSPS) is 13.9. The van der Waals surface area contributed by atoms with Gasteiger partial charge in [0.2, 0.25) is 5.91 Å². The van der Waals surface area contributed by atoms with Gasteiger partial charge in [-0.05, 0) is 32.4 Å². The van der Waals surface area contributed by atoms with E-state index in [0.29, 0.717) is 6.54 Å². The molecule has 106 valence electrons. The van der Waals surface area contributed by atoms with Crippen LogP contribution >= 0.6 is 0 Å². The zero-order chi connectivity index (χ0) is 14.3. The largest absolute Gasteiger partial charge is 0.389 e. The second kappa shape index (κ2) is 7.26.